The molecule has 1 atom stereocenters. The van der Waals surface area contributed by atoms with Crippen LogP contribution in [0.15, 0.2) is 48.5 Å². The topological polar surface area (TPSA) is 66.5 Å². The number of anilines is 1. The van der Waals surface area contributed by atoms with Gasteiger partial charge in [0.15, 0.2) is 0 Å². The Labute approximate surface area is 139 Å². The molecule has 1 unspecified atom stereocenters. The lowest BCUT2D eigenvalue weighted by molar-refractivity contribution is -0.119. The Morgan fingerprint density at radius 2 is 1.75 bits per heavy atom. The molecule has 2 aromatic carbocycles. The van der Waals surface area contributed by atoms with E-state index in [4.69, 9.17) is 0 Å². The van der Waals surface area contributed by atoms with Gasteiger partial charge in [-0.3, -0.25) is 4.79 Å². The van der Waals surface area contributed by atoms with Gasteiger partial charge in [0, 0.05) is 13.1 Å². The standard InChI is InChI=1S/C16H16F2N2O3S/c1-20(24(2,22)23)15(11-6-4-3-5-7-11)16(21)19-14-9-8-12(17)10-13(14)18/h3-10,15H,1-2H3,(H,19,21). The fraction of sp³-hybridized carbons (Fsp3) is 0.188. The van der Waals surface area contributed by atoms with Gasteiger partial charge in [0.05, 0.1) is 11.9 Å². The van der Waals surface area contributed by atoms with Gasteiger partial charge in [-0.25, -0.2) is 17.2 Å². The predicted octanol–water partition coefficient (Wildman–Crippen LogP) is 2.54. The summed E-state index contributed by atoms with van der Waals surface area (Å²) in [6.07, 6.45) is 0.967. The van der Waals surface area contributed by atoms with Crippen LogP contribution in [-0.2, 0) is 14.8 Å². The summed E-state index contributed by atoms with van der Waals surface area (Å²) in [6.45, 7) is 0. The highest BCUT2D eigenvalue weighted by Gasteiger charge is 2.31. The largest absolute Gasteiger partial charge is 0.322 e. The summed E-state index contributed by atoms with van der Waals surface area (Å²) >= 11 is 0. The number of sulfonamides is 1. The summed E-state index contributed by atoms with van der Waals surface area (Å²) in [5.41, 5.74) is 0.190. The number of carbonyl (C=O) groups is 1. The van der Waals surface area contributed by atoms with Crippen LogP contribution in [0.1, 0.15) is 11.6 Å². The molecule has 0 spiro atoms. The van der Waals surface area contributed by atoms with Gasteiger partial charge in [-0.05, 0) is 17.7 Å². The lowest BCUT2D eigenvalue weighted by Crippen LogP contribution is -2.38. The van der Waals surface area contributed by atoms with Crippen molar-refractivity contribution in [1.82, 2.24) is 4.31 Å². The summed E-state index contributed by atoms with van der Waals surface area (Å²) in [5, 5.41) is 2.30. The fourth-order valence-electron chi connectivity index (χ4n) is 2.15. The van der Waals surface area contributed by atoms with Crippen LogP contribution in [0, 0.1) is 11.6 Å². The molecule has 0 aliphatic rings. The van der Waals surface area contributed by atoms with Gasteiger partial charge >= 0.3 is 0 Å². The van der Waals surface area contributed by atoms with Crippen molar-refractivity contribution in [3.05, 3.63) is 65.7 Å². The Kier molecular flexibility index (Phi) is 5.30. The minimum Gasteiger partial charge on any atom is -0.322 e. The predicted molar refractivity (Wildman–Crippen MR) is 86.8 cm³/mol. The Morgan fingerprint density at radius 1 is 1.12 bits per heavy atom. The van der Waals surface area contributed by atoms with Crippen molar-refractivity contribution in [1.29, 1.82) is 0 Å². The fourth-order valence-corrected chi connectivity index (χ4v) is 2.75. The molecule has 0 radical (unpaired) electrons. The molecule has 8 heteroatoms. The van der Waals surface area contributed by atoms with Crippen LogP contribution >= 0.6 is 0 Å². The van der Waals surface area contributed by atoms with Crippen molar-refractivity contribution in [2.45, 2.75) is 6.04 Å². The second-order valence-corrected chi connectivity index (χ2v) is 7.25. The third-order valence-corrected chi connectivity index (χ3v) is 4.70. The summed E-state index contributed by atoms with van der Waals surface area (Å²) in [4.78, 5) is 12.6. The normalized spacial score (nSPS) is 12.9. The number of amides is 1. The molecule has 0 heterocycles. The number of nitrogens with one attached hydrogen (secondary N) is 1. The number of hydrogen-bond donors (Lipinski definition) is 1. The maximum Gasteiger partial charge on any atom is 0.247 e. The molecule has 0 saturated carbocycles. The second kappa shape index (κ2) is 7.06. The van der Waals surface area contributed by atoms with E-state index in [1.165, 1.54) is 7.05 Å². The highest BCUT2D eigenvalue weighted by molar-refractivity contribution is 7.88. The number of nitrogens with zero attached hydrogens (tertiary/aromatic N) is 1. The lowest BCUT2D eigenvalue weighted by atomic mass is 10.1. The van der Waals surface area contributed by atoms with Gasteiger partial charge in [0.1, 0.15) is 17.7 Å². The molecule has 0 saturated heterocycles. The Hall–Kier alpha value is -2.32. The molecule has 1 N–H and O–H groups in total. The molecule has 5 nitrogen and oxygen atoms in total. The first-order valence-corrected chi connectivity index (χ1v) is 8.79. The number of carbonyl (C=O) groups excluding carboxylic acids is 1. The molecule has 2 rings (SSSR count). The Bertz CT molecular complexity index is 842. The molecular weight excluding hydrogens is 338 g/mol. The van der Waals surface area contributed by atoms with Gasteiger partial charge in [-0.15, -0.1) is 0 Å². The van der Waals surface area contributed by atoms with Gasteiger partial charge in [-0.2, -0.15) is 4.31 Å². The highest BCUT2D eigenvalue weighted by Crippen LogP contribution is 2.24. The average Bonchev–Trinajstić information content (AvgIpc) is 2.50. The van der Waals surface area contributed by atoms with E-state index < -0.39 is 33.6 Å². The van der Waals surface area contributed by atoms with E-state index in [1.807, 2.05) is 0 Å². The zero-order chi connectivity index (χ0) is 17.9. The van der Waals surface area contributed by atoms with Crippen molar-refractivity contribution < 1.29 is 22.0 Å². The van der Waals surface area contributed by atoms with Crippen LogP contribution in [0.25, 0.3) is 0 Å². The Balaban J connectivity index is 2.38. The summed E-state index contributed by atoms with van der Waals surface area (Å²) in [5.74, 6) is -2.48. The van der Waals surface area contributed by atoms with Crippen molar-refractivity contribution in [3.63, 3.8) is 0 Å². The minimum atomic E-state index is -3.69. The zero-order valence-corrected chi connectivity index (χ0v) is 13.8. The molecule has 128 valence electrons. The van der Waals surface area contributed by atoms with E-state index in [9.17, 15) is 22.0 Å². The van der Waals surface area contributed by atoms with E-state index >= 15 is 0 Å². The number of benzene rings is 2. The van der Waals surface area contributed by atoms with Crippen molar-refractivity contribution >= 4 is 21.6 Å². The molecule has 0 fully saturated rings. The van der Waals surface area contributed by atoms with Crippen molar-refractivity contribution in [3.8, 4) is 0 Å². The van der Waals surface area contributed by atoms with Gasteiger partial charge in [-0.1, -0.05) is 30.3 Å². The molecule has 2 aromatic rings. The van der Waals surface area contributed by atoms with Gasteiger partial charge in [0.25, 0.3) is 0 Å². The highest BCUT2D eigenvalue weighted by atomic mass is 32.2. The van der Waals surface area contributed by atoms with Crippen LogP contribution in [0.4, 0.5) is 14.5 Å². The summed E-state index contributed by atoms with van der Waals surface area (Å²) < 4.78 is 51.2. The number of halogens is 2. The zero-order valence-electron chi connectivity index (χ0n) is 13.0. The molecule has 24 heavy (non-hydrogen) atoms. The SMILES string of the molecule is CN(C(C(=O)Nc1ccc(F)cc1F)c1ccccc1)S(C)(=O)=O. The van der Waals surface area contributed by atoms with E-state index in [0.29, 0.717) is 11.6 Å². The smallest absolute Gasteiger partial charge is 0.247 e. The monoisotopic (exact) mass is 354 g/mol. The maximum absolute atomic E-state index is 13.7. The minimum absolute atomic E-state index is 0.232. The molecule has 0 bridgehead atoms. The van der Waals surface area contributed by atoms with Gasteiger partial charge < -0.3 is 5.32 Å². The van der Waals surface area contributed by atoms with Crippen molar-refractivity contribution in [2.24, 2.45) is 0 Å². The molecule has 1 amide bonds. The maximum atomic E-state index is 13.7. The molecule has 0 aromatic heterocycles. The number of likely N-dealkylation sites (N-methyl/N-ethyl adjacent to an activating group) is 1. The van der Waals surface area contributed by atoms with E-state index in [-0.39, 0.29) is 5.69 Å². The third-order valence-electron chi connectivity index (χ3n) is 3.44. The number of hydrogen-bond acceptors (Lipinski definition) is 3. The van der Waals surface area contributed by atoms with Crippen LogP contribution < -0.4 is 5.32 Å². The summed E-state index contributed by atoms with van der Waals surface area (Å²) in [6, 6.07) is 9.73. The van der Waals surface area contributed by atoms with E-state index in [1.54, 1.807) is 30.3 Å². The van der Waals surface area contributed by atoms with Crippen molar-refractivity contribution in [2.75, 3.05) is 18.6 Å². The van der Waals surface area contributed by atoms with Gasteiger partial charge in [0.2, 0.25) is 15.9 Å². The first kappa shape index (κ1) is 18.0. The molecule has 0 aliphatic heterocycles. The first-order valence-electron chi connectivity index (χ1n) is 6.94. The third kappa shape index (κ3) is 4.15. The summed E-state index contributed by atoms with van der Waals surface area (Å²) in [7, 11) is -2.43. The lowest BCUT2D eigenvalue weighted by Gasteiger charge is -2.25. The quantitative estimate of drug-likeness (QED) is 0.897. The van der Waals surface area contributed by atoms with E-state index in [2.05, 4.69) is 5.32 Å². The number of rotatable bonds is 5. The molecular formula is C16H16F2N2O3S. The Morgan fingerprint density at radius 3 is 2.29 bits per heavy atom. The van der Waals surface area contributed by atoms with Crippen LogP contribution in [0.3, 0.4) is 0 Å². The van der Waals surface area contributed by atoms with Crippen LogP contribution in [0.2, 0.25) is 0 Å². The second-order valence-electron chi connectivity index (χ2n) is 5.21. The molecule has 0 aliphatic carbocycles. The average molecular weight is 354 g/mol. The first-order chi connectivity index (χ1) is 11.2. The van der Waals surface area contributed by atoms with Crippen LogP contribution in [0.5, 0.6) is 0 Å². The van der Waals surface area contributed by atoms with Crippen LogP contribution in [-0.4, -0.2) is 31.9 Å². The van der Waals surface area contributed by atoms with E-state index in [0.717, 1.165) is 22.7 Å².